The van der Waals surface area contributed by atoms with Crippen molar-refractivity contribution in [2.45, 2.75) is 11.9 Å². The Kier molecular flexibility index (Phi) is 5.88. The molecule has 0 N–H and O–H groups in total. The van der Waals surface area contributed by atoms with Crippen LogP contribution in [-0.4, -0.2) is 11.7 Å². The van der Waals surface area contributed by atoms with Crippen molar-refractivity contribution < 1.29 is 0 Å². The predicted octanol–water partition coefficient (Wildman–Crippen LogP) is 3.94. The summed E-state index contributed by atoms with van der Waals surface area (Å²) < 4.78 is 0. The van der Waals surface area contributed by atoms with Crippen molar-refractivity contribution in [3.05, 3.63) is 47.7 Å². The second kappa shape index (κ2) is 7.31. The number of hydrogen-bond donors (Lipinski definition) is 0. The van der Waals surface area contributed by atoms with Crippen LogP contribution < -0.4 is 0 Å². The van der Waals surface area contributed by atoms with Crippen LogP contribution in [0, 0.1) is 0 Å². The Hall–Kier alpha value is -1.00. The van der Waals surface area contributed by atoms with Gasteiger partial charge in [0.2, 0.25) is 0 Å². The highest BCUT2D eigenvalue weighted by Gasteiger charge is 1.97. The van der Waals surface area contributed by atoms with Crippen molar-refractivity contribution in [3.8, 4) is 0 Å². The topological polar surface area (TPSA) is 25.2 Å². The van der Waals surface area contributed by atoms with E-state index in [0.717, 1.165) is 10.1 Å². The van der Waals surface area contributed by atoms with E-state index in [9.17, 15) is 0 Å². The summed E-state index contributed by atoms with van der Waals surface area (Å²) in [6.07, 6.45) is 7.60. The molecule has 78 valence electrons. The van der Waals surface area contributed by atoms with Crippen LogP contribution in [-0.2, 0) is 0 Å². The van der Waals surface area contributed by atoms with Gasteiger partial charge in [0, 0.05) is 6.20 Å². The Morgan fingerprint density at radius 2 is 2.40 bits per heavy atom. The molecular formula is C11H12N2S2. The van der Waals surface area contributed by atoms with Crippen molar-refractivity contribution in [1.29, 1.82) is 0 Å². The quantitative estimate of drug-likeness (QED) is 0.440. The summed E-state index contributed by atoms with van der Waals surface area (Å²) >= 11 is 0. The Morgan fingerprint density at radius 3 is 3.00 bits per heavy atom. The minimum Gasteiger partial charge on any atom is -0.257 e. The summed E-state index contributed by atoms with van der Waals surface area (Å²) in [5, 5.41) is 1.85. The average molecular weight is 236 g/mol. The van der Waals surface area contributed by atoms with Gasteiger partial charge in [-0.05, 0) is 53.4 Å². The van der Waals surface area contributed by atoms with E-state index in [4.69, 9.17) is 0 Å². The molecule has 0 atom stereocenters. The zero-order chi connectivity index (χ0) is 10.9. The van der Waals surface area contributed by atoms with Gasteiger partial charge in [-0.1, -0.05) is 18.2 Å². The molecule has 1 heterocycles. The first-order valence-corrected chi connectivity index (χ1v) is 6.57. The second-order valence-corrected chi connectivity index (χ2v) is 4.69. The summed E-state index contributed by atoms with van der Waals surface area (Å²) in [7, 11) is 3.12. The van der Waals surface area contributed by atoms with Gasteiger partial charge >= 0.3 is 0 Å². The van der Waals surface area contributed by atoms with E-state index < -0.39 is 0 Å². The van der Waals surface area contributed by atoms with Crippen molar-refractivity contribution in [2.24, 2.45) is 4.99 Å². The fourth-order valence-electron chi connectivity index (χ4n) is 0.767. The number of rotatable bonds is 5. The molecule has 0 aliphatic heterocycles. The minimum atomic E-state index is 0.878. The van der Waals surface area contributed by atoms with Gasteiger partial charge in [-0.15, -0.1) is 0 Å². The highest BCUT2D eigenvalue weighted by molar-refractivity contribution is 8.78. The van der Waals surface area contributed by atoms with Crippen LogP contribution in [0.2, 0.25) is 0 Å². The Morgan fingerprint density at radius 1 is 1.53 bits per heavy atom. The number of aliphatic imine (C=N–C) groups is 1. The van der Waals surface area contributed by atoms with Crippen LogP contribution in [0.4, 0.5) is 0 Å². The third-order valence-corrected chi connectivity index (χ3v) is 3.64. The van der Waals surface area contributed by atoms with E-state index in [1.165, 1.54) is 0 Å². The summed E-state index contributed by atoms with van der Waals surface area (Å²) in [6.45, 7) is 5.49. The van der Waals surface area contributed by atoms with Crippen molar-refractivity contribution in [1.82, 2.24) is 4.98 Å². The molecule has 0 spiro atoms. The van der Waals surface area contributed by atoms with E-state index >= 15 is 0 Å². The fourth-order valence-corrected chi connectivity index (χ4v) is 2.50. The molecule has 4 heteroatoms. The highest BCUT2D eigenvalue weighted by Crippen LogP contribution is 2.35. The molecule has 1 aromatic rings. The number of nitrogens with zero attached hydrogens (tertiary/aromatic N) is 2. The van der Waals surface area contributed by atoms with Crippen LogP contribution in [0.1, 0.15) is 6.92 Å². The number of pyridine rings is 1. The molecule has 1 aromatic heterocycles. The van der Waals surface area contributed by atoms with Crippen LogP contribution >= 0.6 is 21.6 Å². The molecule has 0 aliphatic carbocycles. The first-order valence-electron chi connectivity index (χ1n) is 4.42. The maximum absolute atomic E-state index is 4.20. The lowest BCUT2D eigenvalue weighted by Gasteiger charge is -1.98. The highest BCUT2D eigenvalue weighted by atomic mass is 33.1. The van der Waals surface area contributed by atoms with Crippen molar-refractivity contribution in [2.75, 3.05) is 0 Å². The fraction of sp³-hybridized carbons (Fsp3) is 0.0909. The SMILES string of the molecule is C=N/C(=C\C=C/C)SSc1ccccn1. The summed E-state index contributed by atoms with van der Waals surface area (Å²) in [6, 6.07) is 5.83. The van der Waals surface area contributed by atoms with E-state index in [1.807, 2.05) is 43.4 Å². The second-order valence-electron chi connectivity index (χ2n) is 2.52. The Bertz CT molecular complexity index is 358. The van der Waals surface area contributed by atoms with Gasteiger partial charge in [-0.2, -0.15) is 0 Å². The van der Waals surface area contributed by atoms with E-state index in [-0.39, 0.29) is 0 Å². The molecule has 15 heavy (non-hydrogen) atoms. The zero-order valence-electron chi connectivity index (χ0n) is 8.46. The van der Waals surface area contributed by atoms with Gasteiger partial charge in [0.1, 0.15) is 10.1 Å². The Balaban J connectivity index is 2.52. The number of hydrogen-bond acceptors (Lipinski definition) is 4. The van der Waals surface area contributed by atoms with Gasteiger partial charge in [0.25, 0.3) is 0 Å². The van der Waals surface area contributed by atoms with Crippen LogP contribution in [0.5, 0.6) is 0 Å². The predicted molar refractivity (Wildman–Crippen MR) is 70.1 cm³/mol. The van der Waals surface area contributed by atoms with Gasteiger partial charge in [0.15, 0.2) is 0 Å². The first kappa shape index (κ1) is 12.1. The molecule has 0 amide bonds. The minimum absolute atomic E-state index is 0.878. The number of aromatic nitrogens is 1. The smallest absolute Gasteiger partial charge is 0.107 e. The molecule has 0 aromatic carbocycles. The van der Waals surface area contributed by atoms with E-state index in [1.54, 1.807) is 27.8 Å². The zero-order valence-corrected chi connectivity index (χ0v) is 10.1. The van der Waals surface area contributed by atoms with Crippen LogP contribution in [0.3, 0.4) is 0 Å². The van der Waals surface area contributed by atoms with E-state index in [2.05, 4.69) is 16.7 Å². The molecule has 0 saturated carbocycles. The van der Waals surface area contributed by atoms with Gasteiger partial charge in [-0.3, -0.25) is 4.99 Å². The van der Waals surface area contributed by atoms with Crippen molar-refractivity contribution >= 4 is 28.3 Å². The monoisotopic (exact) mass is 236 g/mol. The molecule has 0 fully saturated rings. The summed E-state index contributed by atoms with van der Waals surface area (Å²) in [5.41, 5.74) is 0. The molecule has 0 unspecified atom stereocenters. The molecule has 0 saturated heterocycles. The normalized spacial score (nSPS) is 11.9. The molecule has 2 nitrogen and oxygen atoms in total. The Labute approximate surface area is 98.0 Å². The standard InChI is InChI=1S/C11H12N2S2/c1-3-4-7-10(12-2)14-15-11-8-5-6-9-13-11/h3-9H,2H2,1H3/b4-3-,10-7+. The molecule has 0 aliphatic rings. The summed E-state index contributed by atoms with van der Waals surface area (Å²) in [4.78, 5) is 8.11. The third kappa shape index (κ3) is 4.85. The third-order valence-electron chi connectivity index (χ3n) is 1.44. The van der Waals surface area contributed by atoms with Gasteiger partial charge in [0.05, 0.1) is 0 Å². The maximum Gasteiger partial charge on any atom is 0.107 e. The van der Waals surface area contributed by atoms with E-state index in [0.29, 0.717) is 0 Å². The lowest BCUT2D eigenvalue weighted by atomic mass is 10.5. The lowest BCUT2D eigenvalue weighted by Crippen LogP contribution is -1.73. The summed E-state index contributed by atoms with van der Waals surface area (Å²) in [5.74, 6) is 0. The van der Waals surface area contributed by atoms with Crippen molar-refractivity contribution in [3.63, 3.8) is 0 Å². The number of allylic oxidation sites excluding steroid dienone is 3. The molecular weight excluding hydrogens is 224 g/mol. The largest absolute Gasteiger partial charge is 0.257 e. The molecule has 0 bridgehead atoms. The van der Waals surface area contributed by atoms with Crippen LogP contribution in [0.25, 0.3) is 0 Å². The average Bonchev–Trinajstić information content (AvgIpc) is 2.31. The molecule has 0 radical (unpaired) electrons. The lowest BCUT2D eigenvalue weighted by molar-refractivity contribution is 1.14. The van der Waals surface area contributed by atoms with Gasteiger partial charge < -0.3 is 0 Å². The maximum atomic E-state index is 4.20. The molecule has 1 rings (SSSR count). The first-order chi connectivity index (χ1) is 7.36. The van der Waals surface area contributed by atoms with Crippen LogP contribution in [0.15, 0.2) is 57.7 Å². The van der Waals surface area contributed by atoms with Gasteiger partial charge in [-0.25, -0.2) is 4.98 Å².